The highest BCUT2D eigenvalue weighted by molar-refractivity contribution is 8.00. The Labute approximate surface area is 135 Å². The van der Waals surface area contributed by atoms with Gasteiger partial charge in [-0.3, -0.25) is 10.1 Å². The summed E-state index contributed by atoms with van der Waals surface area (Å²) in [7, 11) is 1.43. The van der Waals surface area contributed by atoms with Gasteiger partial charge in [-0.05, 0) is 31.2 Å². The van der Waals surface area contributed by atoms with Crippen molar-refractivity contribution in [2.45, 2.75) is 17.4 Å². The molecule has 7 nitrogen and oxygen atoms in total. The maximum Gasteiger partial charge on any atom is 0.321 e. The molecule has 0 spiro atoms. The Bertz CT molecular complexity index is 674. The van der Waals surface area contributed by atoms with Gasteiger partial charge >= 0.3 is 6.03 Å². The van der Waals surface area contributed by atoms with Crippen LogP contribution in [-0.4, -0.2) is 34.4 Å². The number of thioether (sulfide) groups is 1. The second kappa shape index (κ2) is 7.28. The minimum atomic E-state index is -0.565. The lowest BCUT2D eigenvalue weighted by Crippen LogP contribution is -2.41. The molecule has 22 heavy (non-hydrogen) atoms. The van der Waals surface area contributed by atoms with Gasteiger partial charge in [0, 0.05) is 17.6 Å². The lowest BCUT2D eigenvalue weighted by atomic mass is 10.2. The molecule has 0 aliphatic heterocycles. The maximum atomic E-state index is 11.7. The fraction of sp³-hybridized carbons (Fsp3) is 0.231. The van der Waals surface area contributed by atoms with Crippen LogP contribution in [0.1, 0.15) is 6.92 Å². The molecule has 0 aliphatic carbocycles. The highest BCUT2D eigenvalue weighted by Crippen LogP contribution is 2.26. The quantitative estimate of drug-likeness (QED) is 0.829. The van der Waals surface area contributed by atoms with Gasteiger partial charge in [0.15, 0.2) is 0 Å². The van der Waals surface area contributed by atoms with Crippen LogP contribution >= 0.6 is 23.4 Å². The molecular weight excluding hydrogens is 328 g/mol. The first-order valence-corrected chi connectivity index (χ1v) is 7.54. The molecule has 0 aliphatic rings. The van der Waals surface area contributed by atoms with Crippen LogP contribution in [-0.2, 0) is 4.79 Å². The summed E-state index contributed by atoms with van der Waals surface area (Å²) in [6.07, 6.45) is 0. The van der Waals surface area contributed by atoms with Gasteiger partial charge < -0.3 is 9.73 Å². The Kier molecular flexibility index (Phi) is 5.40. The number of aromatic nitrogens is 2. The Morgan fingerprint density at radius 1 is 1.27 bits per heavy atom. The second-order valence-electron chi connectivity index (χ2n) is 4.21. The van der Waals surface area contributed by atoms with Gasteiger partial charge in [-0.1, -0.05) is 23.4 Å². The Hall–Kier alpha value is -2.06. The molecule has 2 rings (SSSR count). The van der Waals surface area contributed by atoms with E-state index < -0.39 is 17.2 Å². The highest BCUT2D eigenvalue weighted by atomic mass is 35.5. The Morgan fingerprint density at radius 2 is 1.95 bits per heavy atom. The maximum absolute atomic E-state index is 11.7. The molecule has 116 valence electrons. The molecule has 2 aromatic rings. The number of amides is 3. The third-order valence-electron chi connectivity index (χ3n) is 2.61. The first kappa shape index (κ1) is 16.3. The molecule has 1 atom stereocenters. The third kappa shape index (κ3) is 4.22. The molecule has 3 amide bonds. The minimum absolute atomic E-state index is 0.240. The SMILES string of the molecule is CNC(=O)NC(=O)[C@@H](C)Sc1nnc(-c2ccc(Cl)cc2)o1. The first-order valence-electron chi connectivity index (χ1n) is 6.28. The number of rotatable bonds is 4. The van der Waals surface area contributed by atoms with Crippen molar-refractivity contribution in [1.29, 1.82) is 0 Å². The number of urea groups is 1. The van der Waals surface area contributed by atoms with E-state index in [-0.39, 0.29) is 5.22 Å². The van der Waals surface area contributed by atoms with Gasteiger partial charge in [0.05, 0.1) is 5.25 Å². The fourth-order valence-corrected chi connectivity index (χ4v) is 2.26. The van der Waals surface area contributed by atoms with Crippen molar-refractivity contribution >= 4 is 35.3 Å². The van der Waals surface area contributed by atoms with E-state index in [4.69, 9.17) is 16.0 Å². The normalized spacial score (nSPS) is 11.8. The van der Waals surface area contributed by atoms with E-state index in [9.17, 15) is 9.59 Å². The lowest BCUT2D eigenvalue weighted by molar-refractivity contribution is -0.119. The summed E-state index contributed by atoms with van der Waals surface area (Å²) in [6.45, 7) is 1.63. The average Bonchev–Trinajstić information content (AvgIpc) is 2.96. The molecular formula is C13H13ClN4O3S. The summed E-state index contributed by atoms with van der Waals surface area (Å²) in [5, 5.41) is 12.6. The first-order chi connectivity index (χ1) is 10.5. The second-order valence-corrected chi connectivity index (χ2v) is 5.94. The molecule has 0 saturated heterocycles. The van der Waals surface area contributed by atoms with Gasteiger partial charge in [-0.15, -0.1) is 10.2 Å². The number of nitrogens with zero attached hydrogens (tertiary/aromatic N) is 2. The molecule has 2 N–H and O–H groups in total. The zero-order valence-electron chi connectivity index (χ0n) is 11.8. The third-order valence-corrected chi connectivity index (χ3v) is 3.79. The van der Waals surface area contributed by atoms with Crippen LogP contribution in [0.3, 0.4) is 0 Å². The Morgan fingerprint density at radius 3 is 2.59 bits per heavy atom. The smallest absolute Gasteiger partial charge is 0.321 e. The predicted molar refractivity (Wildman–Crippen MR) is 82.7 cm³/mol. The average molecular weight is 341 g/mol. The molecule has 1 aromatic carbocycles. The molecule has 0 bridgehead atoms. The van der Waals surface area contributed by atoms with Crippen molar-refractivity contribution in [1.82, 2.24) is 20.8 Å². The number of benzene rings is 1. The Balaban J connectivity index is 2.01. The van der Waals surface area contributed by atoms with E-state index in [2.05, 4.69) is 20.8 Å². The molecule has 1 heterocycles. The van der Waals surface area contributed by atoms with Crippen molar-refractivity contribution in [3.05, 3.63) is 29.3 Å². The molecule has 0 unspecified atom stereocenters. The number of hydrogen-bond acceptors (Lipinski definition) is 6. The van der Waals surface area contributed by atoms with Crippen LogP contribution in [0.5, 0.6) is 0 Å². The summed E-state index contributed by atoms with van der Waals surface area (Å²) < 4.78 is 5.48. The van der Waals surface area contributed by atoms with Crippen LogP contribution < -0.4 is 10.6 Å². The van der Waals surface area contributed by atoms with Gasteiger partial charge in [0.2, 0.25) is 11.8 Å². The molecule has 0 fully saturated rings. The molecule has 9 heteroatoms. The summed E-state index contributed by atoms with van der Waals surface area (Å²) in [5.41, 5.74) is 0.728. The highest BCUT2D eigenvalue weighted by Gasteiger charge is 2.20. The van der Waals surface area contributed by atoms with Crippen molar-refractivity contribution in [2.75, 3.05) is 7.05 Å². The largest absolute Gasteiger partial charge is 0.411 e. The van der Waals surface area contributed by atoms with Gasteiger partial charge in [-0.2, -0.15) is 0 Å². The number of carbonyl (C=O) groups is 2. The van der Waals surface area contributed by atoms with Gasteiger partial charge in [-0.25, -0.2) is 4.79 Å². The van der Waals surface area contributed by atoms with Gasteiger partial charge in [0.25, 0.3) is 5.22 Å². The van der Waals surface area contributed by atoms with Crippen LogP contribution in [0.15, 0.2) is 33.9 Å². The van der Waals surface area contributed by atoms with Crippen LogP contribution in [0.25, 0.3) is 11.5 Å². The number of nitrogens with one attached hydrogen (secondary N) is 2. The van der Waals surface area contributed by atoms with E-state index in [1.54, 1.807) is 31.2 Å². The van der Waals surface area contributed by atoms with E-state index in [1.165, 1.54) is 7.05 Å². The molecule has 1 aromatic heterocycles. The van der Waals surface area contributed by atoms with Crippen LogP contribution in [0.4, 0.5) is 4.79 Å². The monoisotopic (exact) mass is 340 g/mol. The van der Waals surface area contributed by atoms with Crippen LogP contribution in [0.2, 0.25) is 5.02 Å². The van der Waals surface area contributed by atoms with Crippen molar-refractivity contribution < 1.29 is 14.0 Å². The fourth-order valence-electron chi connectivity index (χ4n) is 1.45. The summed E-state index contributed by atoms with van der Waals surface area (Å²) in [6, 6.07) is 6.38. The van der Waals surface area contributed by atoms with Crippen LogP contribution in [0, 0.1) is 0 Å². The number of halogens is 1. The van der Waals surface area contributed by atoms with E-state index in [0.29, 0.717) is 10.9 Å². The minimum Gasteiger partial charge on any atom is -0.411 e. The topological polar surface area (TPSA) is 97.1 Å². The lowest BCUT2D eigenvalue weighted by Gasteiger charge is -2.07. The van der Waals surface area contributed by atoms with E-state index in [1.807, 2.05) is 0 Å². The number of carbonyl (C=O) groups excluding carboxylic acids is 2. The van der Waals surface area contributed by atoms with Crippen molar-refractivity contribution in [3.63, 3.8) is 0 Å². The molecule has 0 saturated carbocycles. The number of imide groups is 1. The van der Waals surface area contributed by atoms with E-state index in [0.717, 1.165) is 17.3 Å². The summed E-state index contributed by atoms with van der Waals surface area (Å²) in [5.74, 6) is -0.117. The molecule has 0 radical (unpaired) electrons. The number of hydrogen-bond donors (Lipinski definition) is 2. The predicted octanol–water partition coefficient (Wildman–Crippen LogP) is 2.33. The summed E-state index contributed by atoms with van der Waals surface area (Å²) in [4.78, 5) is 22.8. The van der Waals surface area contributed by atoms with Crippen molar-refractivity contribution in [3.8, 4) is 11.5 Å². The van der Waals surface area contributed by atoms with Crippen molar-refractivity contribution in [2.24, 2.45) is 0 Å². The van der Waals surface area contributed by atoms with E-state index >= 15 is 0 Å². The summed E-state index contributed by atoms with van der Waals surface area (Å²) >= 11 is 6.88. The zero-order valence-corrected chi connectivity index (χ0v) is 13.4. The standard InChI is InChI=1S/C13H13ClN4O3S/c1-7(10(19)16-12(20)15-2)22-13-18-17-11(21-13)8-3-5-9(14)6-4-8/h3-7H,1-2H3,(H2,15,16,19,20)/t7-/m1/s1. The zero-order chi connectivity index (χ0) is 16.1. The van der Waals surface area contributed by atoms with Gasteiger partial charge in [0.1, 0.15) is 0 Å².